The molecule has 8 heteroatoms. The Hall–Kier alpha value is -3.42. The average Bonchev–Trinajstić information content (AvgIpc) is 2.82. The maximum Gasteiger partial charge on any atom is 0.341 e. The number of hydrogen-bond acceptors (Lipinski definition) is 6. The van der Waals surface area contributed by atoms with Gasteiger partial charge >= 0.3 is 5.97 Å². The smallest absolute Gasteiger partial charge is 0.341 e. The molecule has 0 aliphatic rings. The molecule has 0 radical (unpaired) electrons. The van der Waals surface area contributed by atoms with E-state index in [1.54, 1.807) is 19.2 Å². The quantitative estimate of drug-likeness (QED) is 0.313. The molecule has 0 spiro atoms. The second-order valence-corrected chi connectivity index (χ2v) is 6.78. The molecule has 0 fully saturated rings. The van der Waals surface area contributed by atoms with Crippen LogP contribution in [0, 0.1) is 0 Å². The Bertz CT molecular complexity index is 915. The van der Waals surface area contributed by atoms with Crippen LogP contribution in [0.2, 0.25) is 0 Å². The molecule has 0 aromatic heterocycles. The molecule has 174 valence electrons. The highest BCUT2D eigenvalue weighted by molar-refractivity contribution is 5.92. The van der Waals surface area contributed by atoms with Gasteiger partial charge in [-0.1, -0.05) is 12.1 Å². The van der Waals surface area contributed by atoms with Crippen molar-refractivity contribution in [2.75, 3.05) is 41.0 Å². The number of carbonyl (C=O) groups excluding carboxylic acids is 1. The summed E-state index contributed by atoms with van der Waals surface area (Å²) in [5, 5.41) is 6.55. The number of rotatable bonds is 11. The molecular formula is C24H33N3O5. The molecule has 0 saturated carbocycles. The lowest BCUT2D eigenvalue weighted by Gasteiger charge is -2.15. The molecule has 0 heterocycles. The number of ether oxygens (including phenoxy) is 4. The van der Waals surface area contributed by atoms with Gasteiger partial charge in [-0.25, -0.2) is 4.79 Å². The van der Waals surface area contributed by atoms with Crippen molar-refractivity contribution in [2.24, 2.45) is 4.99 Å². The third kappa shape index (κ3) is 7.08. The molecule has 2 rings (SSSR count). The van der Waals surface area contributed by atoms with E-state index >= 15 is 0 Å². The van der Waals surface area contributed by atoms with E-state index in [0.717, 1.165) is 29.0 Å². The van der Waals surface area contributed by atoms with Gasteiger partial charge in [-0.3, -0.25) is 4.99 Å². The van der Waals surface area contributed by atoms with Crippen molar-refractivity contribution in [1.29, 1.82) is 0 Å². The third-order valence-electron chi connectivity index (χ3n) is 4.67. The minimum absolute atomic E-state index is 0.387. The van der Waals surface area contributed by atoms with E-state index in [2.05, 4.69) is 15.6 Å². The van der Waals surface area contributed by atoms with Gasteiger partial charge in [0, 0.05) is 20.1 Å². The van der Waals surface area contributed by atoms with Crippen molar-refractivity contribution >= 4 is 11.9 Å². The summed E-state index contributed by atoms with van der Waals surface area (Å²) in [5.41, 5.74) is 2.43. The van der Waals surface area contributed by atoms with Crippen LogP contribution in [0.4, 0.5) is 0 Å². The van der Waals surface area contributed by atoms with Gasteiger partial charge in [0.2, 0.25) is 0 Å². The monoisotopic (exact) mass is 443 g/mol. The van der Waals surface area contributed by atoms with Crippen LogP contribution in [0.5, 0.6) is 17.2 Å². The first-order valence-corrected chi connectivity index (χ1v) is 10.6. The number of aliphatic imine (C=N–C) groups is 1. The first-order valence-electron chi connectivity index (χ1n) is 10.6. The average molecular weight is 444 g/mol. The van der Waals surface area contributed by atoms with Crippen LogP contribution in [-0.2, 0) is 17.7 Å². The molecule has 2 aromatic carbocycles. The number of guanidine groups is 1. The maximum atomic E-state index is 12.0. The Kier molecular flexibility index (Phi) is 10.2. The summed E-state index contributed by atoms with van der Waals surface area (Å²) < 4.78 is 21.4. The lowest BCUT2D eigenvalue weighted by Crippen LogP contribution is -2.37. The third-order valence-corrected chi connectivity index (χ3v) is 4.67. The van der Waals surface area contributed by atoms with E-state index in [4.69, 9.17) is 18.9 Å². The number of nitrogens with one attached hydrogen (secondary N) is 2. The molecule has 0 unspecified atom stereocenters. The number of carbonyl (C=O) groups is 1. The van der Waals surface area contributed by atoms with Crippen molar-refractivity contribution in [3.8, 4) is 17.2 Å². The predicted octanol–water partition coefficient (Wildman–Crippen LogP) is 3.19. The van der Waals surface area contributed by atoms with E-state index in [1.165, 1.54) is 14.2 Å². The highest BCUT2D eigenvalue weighted by Gasteiger charge is 2.13. The van der Waals surface area contributed by atoms with Crippen LogP contribution in [0.3, 0.4) is 0 Å². The molecule has 0 aliphatic carbocycles. The van der Waals surface area contributed by atoms with E-state index < -0.39 is 5.97 Å². The van der Waals surface area contributed by atoms with Crippen LogP contribution in [0.1, 0.15) is 35.3 Å². The minimum Gasteiger partial charge on any atom is -0.496 e. The molecule has 2 aromatic rings. The van der Waals surface area contributed by atoms with Crippen LogP contribution >= 0.6 is 0 Å². The summed E-state index contributed by atoms with van der Waals surface area (Å²) in [5.74, 6) is 2.22. The van der Waals surface area contributed by atoms with Crippen LogP contribution < -0.4 is 24.8 Å². The van der Waals surface area contributed by atoms with Gasteiger partial charge in [0.05, 0.1) is 27.4 Å². The Morgan fingerprint density at radius 1 is 0.906 bits per heavy atom. The topological polar surface area (TPSA) is 90.4 Å². The first-order chi connectivity index (χ1) is 15.6. The summed E-state index contributed by atoms with van der Waals surface area (Å²) in [6, 6.07) is 11.4. The largest absolute Gasteiger partial charge is 0.496 e. The highest BCUT2D eigenvalue weighted by Crippen LogP contribution is 2.28. The summed E-state index contributed by atoms with van der Waals surface area (Å²) in [6.45, 7) is 6.27. The van der Waals surface area contributed by atoms with Crippen LogP contribution in [-0.4, -0.2) is 53.0 Å². The van der Waals surface area contributed by atoms with Gasteiger partial charge in [0.15, 0.2) is 17.5 Å². The molecule has 8 nitrogen and oxygen atoms in total. The zero-order valence-electron chi connectivity index (χ0n) is 19.5. The number of methoxy groups -OCH3 is 2. The maximum absolute atomic E-state index is 12.0. The Labute approximate surface area is 189 Å². The van der Waals surface area contributed by atoms with E-state index in [1.807, 2.05) is 38.1 Å². The van der Waals surface area contributed by atoms with E-state index in [9.17, 15) is 4.79 Å². The summed E-state index contributed by atoms with van der Waals surface area (Å²) in [4.78, 5) is 16.2. The van der Waals surface area contributed by atoms with Gasteiger partial charge in [0.1, 0.15) is 11.3 Å². The van der Waals surface area contributed by atoms with Crippen molar-refractivity contribution in [3.05, 3.63) is 53.1 Å². The fourth-order valence-corrected chi connectivity index (χ4v) is 3.12. The molecule has 32 heavy (non-hydrogen) atoms. The van der Waals surface area contributed by atoms with Crippen LogP contribution in [0.15, 0.2) is 41.4 Å². The molecule has 0 saturated heterocycles. The standard InChI is InChI=1S/C24H33N3O5/c1-6-31-21-11-8-17(15-22(21)32-7-2)12-13-26-24(25-3)27-16-18-9-10-20(29-4)19(14-18)23(28)30-5/h8-11,14-15H,6-7,12-13,16H2,1-5H3,(H2,25,26,27). The predicted molar refractivity (Wildman–Crippen MR) is 125 cm³/mol. The summed E-state index contributed by atoms with van der Waals surface area (Å²) >= 11 is 0. The van der Waals surface area contributed by atoms with Crippen molar-refractivity contribution < 1.29 is 23.7 Å². The molecule has 0 bridgehead atoms. The molecule has 0 atom stereocenters. The number of nitrogens with zero attached hydrogens (tertiary/aromatic N) is 1. The zero-order chi connectivity index (χ0) is 23.3. The second kappa shape index (κ2) is 13.1. The number of esters is 1. The van der Waals surface area contributed by atoms with E-state index in [-0.39, 0.29) is 0 Å². The second-order valence-electron chi connectivity index (χ2n) is 6.78. The Balaban J connectivity index is 1.93. The van der Waals surface area contributed by atoms with Gasteiger partial charge in [-0.2, -0.15) is 0 Å². The minimum atomic E-state index is -0.437. The lowest BCUT2D eigenvalue weighted by molar-refractivity contribution is 0.0597. The fourth-order valence-electron chi connectivity index (χ4n) is 3.12. The van der Waals surface area contributed by atoms with Gasteiger partial charge < -0.3 is 29.6 Å². The molecular weight excluding hydrogens is 410 g/mol. The molecule has 2 N–H and O–H groups in total. The SMILES string of the molecule is CCOc1ccc(CCNC(=NC)NCc2ccc(OC)c(C(=O)OC)c2)cc1OCC. The van der Waals surface area contributed by atoms with Gasteiger partial charge in [0.25, 0.3) is 0 Å². The lowest BCUT2D eigenvalue weighted by atomic mass is 10.1. The van der Waals surface area contributed by atoms with Gasteiger partial charge in [-0.05, 0) is 55.7 Å². The molecule has 0 aliphatic heterocycles. The van der Waals surface area contributed by atoms with Crippen molar-refractivity contribution in [2.45, 2.75) is 26.8 Å². The Morgan fingerprint density at radius 3 is 2.25 bits per heavy atom. The number of benzene rings is 2. The van der Waals surface area contributed by atoms with Crippen molar-refractivity contribution in [3.63, 3.8) is 0 Å². The summed E-state index contributed by atoms with van der Waals surface area (Å²) in [7, 11) is 4.58. The fraction of sp³-hybridized carbons (Fsp3) is 0.417. The molecule has 0 amide bonds. The van der Waals surface area contributed by atoms with E-state index in [0.29, 0.717) is 43.6 Å². The van der Waals surface area contributed by atoms with Crippen molar-refractivity contribution in [1.82, 2.24) is 10.6 Å². The van der Waals surface area contributed by atoms with Gasteiger partial charge in [-0.15, -0.1) is 0 Å². The highest BCUT2D eigenvalue weighted by atomic mass is 16.5. The Morgan fingerprint density at radius 2 is 1.59 bits per heavy atom. The normalized spacial score (nSPS) is 11.0. The summed E-state index contributed by atoms with van der Waals surface area (Å²) in [6.07, 6.45) is 0.794. The van der Waals surface area contributed by atoms with Crippen LogP contribution in [0.25, 0.3) is 0 Å². The zero-order valence-corrected chi connectivity index (χ0v) is 19.5. The number of hydrogen-bond donors (Lipinski definition) is 2. The first kappa shape index (κ1) is 24.8.